The van der Waals surface area contributed by atoms with Gasteiger partial charge in [-0.25, -0.2) is 0 Å². The van der Waals surface area contributed by atoms with Gasteiger partial charge in [-0.15, -0.1) is 0 Å². The number of carbonyl (C=O) groups is 1. The second-order valence-corrected chi connectivity index (χ2v) is 4.02. The van der Waals surface area contributed by atoms with Crippen LogP contribution in [0.2, 0.25) is 5.02 Å². The zero-order valence-corrected chi connectivity index (χ0v) is 9.05. The van der Waals surface area contributed by atoms with Gasteiger partial charge in [0.15, 0.2) is 0 Å². The van der Waals surface area contributed by atoms with Gasteiger partial charge < -0.3 is 9.78 Å². The van der Waals surface area contributed by atoms with E-state index in [1.165, 1.54) is 0 Å². The molecule has 2 rings (SSSR count). The predicted molar refractivity (Wildman–Crippen MR) is 62.3 cm³/mol. The van der Waals surface area contributed by atoms with Crippen LogP contribution in [0.15, 0.2) is 24.3 Å². The molecule has 0 amide bonds. The van der Waals surface area contributed by atoms with Crippen LogP contribution in [0.4, 0.5) is 0 Å². The Morgan fingerprint density at radius 3 is 3.00 bits per heavy atom. The molecular weight excluding hydrogens is 210 g/mol. The molecule has 1 aromatic carbocycles. The average Bonchev–Trinajstić information content (AvgIpc) is 2.60. The number of aldehydes is 1. The summed E-state index contributed by atoms with van der Waals surface area (Å²) in [6, 6.07) is 7.87. The van der Waals surface area contributed by atoms with Crippen molar-refractivity contribution >= 4 is 28.8 Å². The number of halogens is 1. The zero-order chi connectivity index (χ0) is 10.7. The van der Waals surface area contributed by atoms with Gasteiger partial charge in [-0.2, -0.15) is 0 Å². The van der Waals surface area contributed by atoms with Gasteiger partial charge in [0.25, 0.3) is 0 Å². The van der Waals surface area contributed by atoms with E-state index in [-0.39, 0.29) is 0 Å². The minimum atomic E-state index is 0.621. The molecule has 0 aliphatic rings. The van der Waals surface area contributed by atoms with E-state index in [0.717, 1.165) is 40.7 Å². The molecule has 3 heteroatoms. The van der Waals surface area contributed by atoms with Crippen molar-refractivity contribution in [1.82, 2.24) is 4.98 Å². The van der Waals surface area contributed by atoms with E-state index in [1.807, 2.05) is 18.2 Å². The van der Waals surface area contributed by atoms with Gasteiger partial charge in [-0.1, -0.05) is 11.6 Å². The summed E-state index contributed by atoms with van der Waals surface area (Å²) < 4.78 is 0. The summed E-state index contributed by atoms with van der Waals surface area (Å²) in [7, 11) is 0. The van der Waals surface area contributed by atoms with Crippen molar-refractivity contribution in [2.45, 2.75) is 19.3 Å². The molecule has 1 heterocycles. The van der Waals surface area contributed by atoms with E-state index in [2.05, 4.69) is 11.1 Å². The number of hydrogen-bond acceptors (Lipinski definition) is 1. The maximum atomic E-state index is 10.2. The van der Waals surface area contributed by atoms with Crippen LogP contribution in [0.1, 0.15) is 18.5 Å². The van der Waals surface area contributed by atoms with Gasteiger partial charge >= 0.3 is 0 Å². The third kappa shape index (κ3) is 2.39. The van der Waals surface area contributed by atoms with Crippen LogP contribution in [-0.4, -0.2) is 11.3 Å². The quantitative estimate of drug-likeness (QED) is 0.623. The lowest BCUT2D eigenvalue weighted by molar-refractivity contribution is -0.107. The van der Waals surface area contributed by atoms with Crippen molar-refractivity contribution in [3.8, 4) is 0 Å². The Morgan fingerprint density at radius 2 is 2.20 bits per heavy atom. The Labute approximate surface area is 93.2 Å². The first kappa shape index (κ1) is 10.2. The molecule has 0 unspecified atom stereocenters. The van der Waals surface area contributed by atoms with Gasteiger partial charge in [0.1, 0.15) is 6.29 Å². The molecule has 0 fully saturated rings. The summed E-state index contributed by atoms with van der Waals surface area (Å²) in [5.74, 6) is 0. The molecule has 0 radical (unpaired) electrons. The highest BCUT2D eigenvalue weighted by Gasteiger charge is 2.00. The van der Waals surface area contributed by atoms with E-state index in [1.54, 1.807) is 0 Å². The van der Waals surface area contributed by atoms with Crippen molar-refractivity contribution in [2.75, 3.05) is 0 Å². The van der Waals surface area contributed by atoms with Gasteiger partial charge in [0.05, 0.1) is 0 Å². The summed E-state index contributed by atoms with van der Waals surface area (Å²) >= 11 is 5.89. The number of fused-ring (bicyclic) bond motifs is 1. The summed E-state index contributed by atoms with van der Waals surface area (Å²) in [4.78, 5) is 13.5. The third-order valence-corrected chi connectivity index (χ3v) is 2.64. The molecule has 1 aromatic heterocycles. The Balaban J connectivity index is 2.19. The first-order valence-corrected chi connectivity index (χ1v) is 5.38. The monoisotopic (exact) mass is 221 g/mol. The highest BCUT2D eigenvalue weighted by atomic mass is 35.5. The number of unbranched alkanes of at least 4 members (excludes halogenated alkanes) is 1. The second-order valence-electron chi connectivity index (χ2n) is 3.59. The first-order valence-electron chi connectivity index (χ1n) is 5.00. The topological polar surface area (TPSA) is 32.9 Å². The Kier molecular flexibility index (Phi) is 3.07. The van der Waals surface area contributed by atoms with Crippen molar-refractivity contribution in [1.29, 1.82) is 0 Å². The zero-order valence-electron chi connectivity index (χ0n) is 8.29. The van der Waals surface area contributed by atoms with Crippen LogP contribution in [0.25, 0.3) is 10.9 Å². The summed E-state index contributed by atoms with van der Waals surface area (Å²) in [5.41, 5.74) is 2.26. The maximum Gasteiger partial charge on any atom is 0.120 e. The molecule has 0 aliphatic carbocycles. The minimum absolute atomic E-state index is 0.621. The lowest BCUT2D eigenvalue weighted by Gasteiger charge is -1.92. The maximum absolute atomic E-state index is 10.2. The standard InChI is InChI=1S/C12H12ClNO/c13-10-4-5-12-9(7-10)8-11(14-12)3-1-2-6-15/h4-8,14H,1-3H2. The fourth-order valence-electron chi connectivity index (χ4n) is 1.67. The van der Waals surface area contributed by atoms with E-state index in [4.69, 9.17) is 11.6 Å². The van der Waals surface area contributed by atoms with Crippen molar-refractivity contribution < 1.29 is 4.79 Å². The normalized spacial score (nSPS) is 10.7. The molecule has 2 nitrogen and oxygen atoms in total. The van der Waals surface area contributed by atoms with E-state index in [9.17, 15) is 4.79 Å². The number of aryl methyl sites for hydroxylation is 1. The molecule has 0 spiro atoms. The summed E-state index contributed by atoms with van der Waals surface area (Å²) in [6.45, 7) is 0. The first-order chi connectivity index (χ1) is 7.29. The Bertz CT molecular complexity index is 475. The number of H-pyrrole nitrogens is 1. The van der Waals surface area contributed by atoms with Crippen LogP contribution in [-0.2, 0) is 11.2 Å². The largest absolute Gasteiger partial charge is 0.358 e. The van der Waals surface area contributed by atoms with Gasteiger partial charge in [0, 0.05) is 28.0 Å². The average molecular weight is 222 g/mol. The number of benzene rings is 1. The summed E-state index contributed by atoms with van der Waals surface area (Å²) in [5, 5.41) is 1.88. The predicted octanol–water partition coefficient (Wildman–Crippen LogP) is 3.34. The van der Waals surface area contributed by atoms with Crippen LogP contribution >= 0.6 is 11.6 Å². The van der Waals surface area contributed by atoms with E-state index in [0.29, 0.717) is 6.42 Å². The minimum Gasteiger partial charge on any atom is -0.358 e. The highest BCUT2D eigenvalue weighted by Crippen LogP contribution is 2.20. The molecule has 78 valence electrons. The lowest BCUT2D eigenvalue weighted by atomic mass is 10.2. The molecule has 2 aromatic rings. The second kappa shape index (κ2) is 4.49. The Morgan fingerprint density at radius 1 is 1.33 bits per heavy atom. The van der Waals surface area contributed by atoms with Crippen molar-refractivity contribution in [3.05, 3.63) is 35.0 Å². The van der Waals surface area contributed by atoms with E-state index >= 15 is 0 Å². The van der Waals surface area contributed by atoms with Crippen LogP contribution in [0.3, 0.4) is 0 Å². The molecule has 0 atom stereocenters. The molecule has 0 saturated carbocycles. The SMILES string of the molecule is O=CCCCc1cc2cc(Cl)ccc2[nH]1. The van der Waals surface area contributed by atoms with Crippen molar-refractivity contribution in [3.63, 3.8) is 0 Å². The Hall–Kier alpha value is -1.28. The molecule has 0 aliphatic heterocycles. The molecule has 15 heavy (non-hydrogen) atoms. The summed E-state index contributed by atoms with van der Waals surface area (Å²) in [6.07, 6.45) is 3.38. The smallest absolute Gasteiger partial charge is 0.120 e. The third-order valence-electron chi connectivity index (χ3n) is 2.41. The molecule has 1 N–H and O–H groups in total. The lowest BCUT2D eigenvalue weighted by Crippen LogP contribution is -1.85. The van der Waals surface area contributed by atoms with Crippen LogP contribution in [0, 0.1) is 0 Å². The highest BCUT2D eigenvalue weighted by molar-refractivity contribution is 6.31. The van der Waals surface area contributed by atoms with Gasteiger partial charge in [-0.3, -0.25) is 0 Å². The number of rotatable bonds is 4. The van der Waals surface area contributed by atoms with Gasteiger partial charge in [-0.05, 0) is 37.1 Å². The number of hydrogen-bond donors (Lipinski definition) is 1. The number of aromatic nitrogens is 1. The van der Waals surface area contributed by atoms with Crippen molar-refractivity contribution in [2.24, 2.45) is 0 Å². The van der Waals surface area contributed by atoms with Crippen LogP contribution in [0.5, 0.6) is 0 Å². The number of nitrogens with one attached hydrogen (secondary N) is 1. The van der Waals surface area contributed by atoms with Gasteiger partial charge in [0.2, 0.25) is 0 Å². The molecule has 0 bridgehead atoms. The molecular formula is C12H12ClNO. The van der Waals surface area contributed by atoms with Crippen LogP contribution < -0.4 is 0 Å². The molecule has 0 saturated heterocycles. The number of carbonyl (C=O) groups excluding carboxylic acids is 1. The fourth-order valence-corrected chi connectivity index (χ4v) is 1.85. The number of aromatic amines is 1. The van der Waals surface area contributed by atoms with E-state index < -0.39 is 0 Å². The fraction of sp³-hybridized carbons (Fsp3) is 0.250.